The topological polar surface area (TPSA) is 47.6 Å². The van der Waals surface area contributed by atoms with Gasteiger partial charge in [0, 0.05) is 24.1 Å². The van der Waals surface area contributed by atoms with E-state index in [4.69, 9.17) is 55.9 Å². The van der Waals surface area contributed by atoms with E-state index in [0.717, 1.165) is 0 Å². The van der Waals surface area contributed by atoms with Crippen molar-refractivity contribution in [3.63, 3.8) is 0 Å². The molecule has 25 heavy (non-hydrogen) atoms. The van der Waals surface area contributed by atoms with Crippen molar-refractivity contribution in [2.45, 2.75) is 27.2 Å². The van der Waals surface area contributed by atoms with E-state index in [1.165, 1.54) is 6.08 Å². The zero-order valence-electron chi connectivity index (χ0n) is 14.3. The van der Waals surface area contributed by atoms with Crippen molar-refractivity contribution in [1.82, 2.24) is 5.32 Å². The third-order valence-corrected chi connectivity index (χ3v) is 3.86. The number of hydrogen-bond acceptors (Lipinski definition) is 3. The van der Waals surface area contributed by atoms with Gasteiger partial charge < -0.3 is 14.8 Å². The number of halogens is 4. The third kappa shape index (κ3) is 8.41. The fraction of sp³-hybridized carbons (Fsp3) is 0.471. The van der Waals surface area contributed by atoms with Crippen molar-refractivity contribution in [2.75, 3.05) is 19.8 Å². The molecule has 0 saturated heterocycles. The number of carbonyl (C=O) groups excluding carboxylic acids is 1. The first-order valence-corrected chi connectivity index (χ1v) is 9.16. The number of hydrogen-bond donors (Lipinski definition) is 1. The zero-order valence-corrected chi connectivity index (χ0v) is 17.3. The predicted molar refractivity (Wildman–Crippen MR) is 104 cm³/mol. The van der Waals surface area contributed by atoms with Crippen LogP contribution < -0.4 is 14.8 Å². The molecule has 1 N–H and O–H groups in total. The minimum absolute atomic E-state index is 0.00355. The molecule has 0 aromatic heterocycles. The van der Waals surface area contributed by atoms with E-state index >= 15 is 0 Å². The molecule has 0 aliphatic carbocycles. The average molecular weight is 429 g/mol. The molecule has 4 nitrogen and oxygen atoms in total. The summed E-state index contributed by atoms with van der Waals surface area (Å²) in [5.74, 6) is 0.852. The molecule has 0 bridgehead atoms. The van der Waals surface area contributed by atoms with Crippen LogP contribution in [-0.4, -0.2) is 25.7 Å². The molecule has 0 spiro atoms. The molecule has 0 atom stereocenters. The standard InChI is InChI=1S/C17H21Cl4NO3/c1-17(2,3)16(23)22-6-4-7-25-15-12(18)9-11(10-13(15)19)24-8-5-14(20)21/h5,9-10H,4,6-8H2,1-3H3,(H,22,23). The highest BCUT2D eigenvalue weighted by Gasteiger charge is 2.20. The minimum Gasteiger partial charge on any atom is -0.490 e. The van der Waals surface area contributed by atoms with E-state index < -0.39 is 5.41 Å². The lowest BCUT2D eigenvalue weighted by Crippen LogP contribution is -2.35. The fourth-order valence-electron chi connectivity index (χ4n) is 1.67. The lowest BCUT2D eigenvalue weighted by molar-refractivity contribution is -0.128. The van der Waals surface area contributed by atoms with Gasteiger partial charge in [-0.1, -0.05) is 67.2 Å². The lowest BCUT2D eigenvalue weighted by atomic mass is 9.96. The Morgan fingerprint density at radius 3 is 2.28 bits per heavy atom. The number of nitrogens with one attached hydrogen (secondary N) is 1. The summed E-state index contributed by atoms with van der Waals surface area (Å²) < 4.78 is 11.1. The normalized spacial score (nSPS) is 11.0. The summed E-state index contributed by atoms with van der Waals surface area (Å²) in [6.07, 6.45) is 2.13. The van der Waals surface area contributed by atoms with Gasteiger partial charge in [0.15, 0.2) is 5.75 Å². The molecular formula is C17H21Cl4NO3. The number of carbonyl (C=O) groups is 1. The van der Waals surface area contributed by atoms with Gasteiger partial charge in [0.05, 0.1) is 16.7 Å². The van der Waals surface area contributed by atoms with Crippen LogP contribution in [0.5, 0.6) is 11.5 Å². The molecule has 1 aromatic rings. The van der Waals surface area contributed by atoms with E-state index in [1.807, 2.05) is 20.8 Å². The van der Waals surface area contributed by atoms with Gasteiger partial charge >= 0.3 is 0 Å². The predicted octanol–water partition coefficient (Wildman–Crippen LogP) is 5.62. The van der Waals surface area contributed by atoms with Crippen LogP contribution in [0.15, 0.2) is 22.7 Å². The first-order valence-electron chi connectivity index (χ1n) is 7.65. The maximum absolute atomic E-state index is 11.7. The van der Waals surface area contributed by atoms with Crippen molar-refractivity contribution < 1.29 is 14.3 Å². The van der Waals surface area contributed by atoms with E-state index in [9.17, 15) is 4.79 Å². The number of ether oxygens (including phenoxy) is 2. The monoisotopic (exact) mass is 427 g/mol. The zero-order chi connectivity index (χ0) is 19.0. The largest absolute Gasteiger partial charge is 0.490 e. The average Bonchev–Trinajstić information content (AvgIpc) is 2.47. The molecule has 1 rings (SSSR count). The van der Waals surface area contributed by atoms with E-state index in [0.29, 0.717) is 41.1 Å². The van der Waals surface area contributed by atoms with E-state index in [-0.39, 0.29) is 17.0 Å². The van der Waals surface area contributed by atoms with Gasteiger partial charge in [0.2, 0.25) is 5.91 Å². The van der Waals surface area contributed by atoms with Crippen molar-refractivity contribution in [2.24, 2.45) is 5.41 Å². The Morgan fingerprint density at radius 2 is 1.76 bits per heavy atom. The molecule has 140 valence electrons. The molecule has 0 radical (unpaired) electrons. The first kappa shape index (κ1) is 22.2. The Labute approximate surface area is 168 Å². The van der Waals surface area contributed by atoms with Crippen molar-refractivity contribution >= 4 is 52.3 Å². The molecule has 8 heteroatoms. The van der Waals surface area contributed by atoms with Gasteiger partial charge in [-0.15, -0.1) is 0 Å². The quantitative estimate of drug-likeness (QED) is 0.546. The van der Waals surface area contributed by atoms with Crippen LogP contribution in [0.25, 0.3) is 0 Å². The molecule has 1 amide bonds. The molecule has 1 aromatic carbocycles. The second-order valence-electron chi connectivity index (χ2n) is 6.23. The minimum atomic E-state index is -0.411. The van der Waals surface area contributed by atoms with Crippen LogP contribution in [0, 0.1) is 5.41 Å². The van der Waals surface area contributed by atoms with Gasteiger partial charge in [-0.2, -0.15) is 0 Å². The second kappa shape index (κ2) is 10.4. The Kier molecular flexibility index (Phi) is 9.22. The molecule has 0 aliphatic rings. The molecule has 0 unspecified atom stereocenters. The summed E-state index contributed by atoms with van der Waals surface area (Å²) >= 11 is 23.4. The van der Waals surface area contributed by atoms with Crippen LogP contribution >= 0.6 is 46.4 Å². The lowest BCUT2D eigenvalue weighted by Gasteiger charge is -2.17. The SMILES string of the molecule is CC(C)(C)C(=O)NCCCOc1c(Cl)cc(OCC=C(Cl)Cl)cc1Cl. The Hall–Kier alpha value is -0.810. The Balaban J connectivity index is 2.49. The maximum Gasteiger partial charge on any atom is 0.225 e. The smallest absolute Gasteiger partial charge is 0.225 e. The Morgan fingerprint density at radius 1 is 1.16 bits per heavy atom. The third-order valence-electron chi connectivity index (χ3n) is 2.99. The molecule has 0 aliphatic heterocycles. The van der Waals surface area contributed by atoms with E-state index in [2.05, 4.69) is 5.32 Å². The summed E-state index contributed by atoms with van der Waals surface area (Å²) in [6, 6.07) is 3.19. The fourth-order valence-corrected chi connectivity index (χ4v) is 2.37. The number of amides is 1. The van der Waals surface area contributed by atoms with Gasteiger partial charge in [0.1, 0.15) is 16.8 Å². The van der Waals surface area contributed by atoms with Crippen molar-refractivity contribution in [3.8, 4) is 11.5 Å². The van der Waals surface area contributed by atoms with Crippen LogP contribution in [0.1, 0.15) is 27.2 Å². The van der Waals surface area contributed by atoms with Crippen LogP contribution in [0.4, 0.5) is 0 Å². The Bertz CT molecular complexity index is 600. The van der Waals surface area contributed by atoms with Gasteiger partial charge in [-0.05, 0) is 12.5 Å². The van der Waals surface area contributed by atoms with E-state index in [1.54, 1.807) is 12.1 Å². The second-order valence-corrected chi connectivity index (χ2v) is 8.05. The summed E-state index contributed by atoms with van der Waals surface area (Å²) in [5.41, 5.74) is -0.411. The van der Waals surface area contributed by atoms with Crippen LogP contribution in [-0.2, 0) is 4.79 Å². The number of rotatable bonds is 8. The van der Waals surface area contributed by atoms with Gasteiger partial charge in [-0.3, -0.25) is 4.79 Å². The highest BCUT2D eigenvalue weighted by atomic mass is 35.5. The molecule has 0 saturated carbocycles. The maximum atomic E-state index is 11.7. The highest BCUT2D eigenvalue weighted by molar-refractivity contribution is 6.55. The molecular weight excluding hydrogens is 408 g/mol. The van der Waals surface area contributed by atoms with Gasteiger partial charge in [0.25, 0.3) is 0 Å². The van der Waals surface area contributed by atoms with Crippen molar-refractivity contribution in [1.29, 1.82) is 0 Å². The summed E-state index contributed by atoms with van der Waals surface area (Å²) in [7, 11) is 0. The first-order chi connectivity index (χ1) is 11.6. The molecule has 0 fully saturated rings. The highest BCUT2D eigenvalue weighted by Crippen LogP contribution is 2.37. The van der Waals surface area contributed by atoms with Gasteiger partial charge in [-0.25, -0.2) is 0 Å². The van der Waals surface area contributed by atoms with Crippen LogP contribution in [0.3, 0.4) is 0 Å². The summed E-state index contributed by atoms with van der Waals surface area (Å²) in [5, 5.41) is 3.52. The molecule has 0 heterocycles. The summed E-state index contributed by atoms with van der Waals surface area (Å²) in [6.45, 7) is 6.66. The van der Waals surface area contributed by atoms with Crippen molar-refractivity contribution in [3.05, 3.63) is 32.7 Å². The van der Waals surface area contributed by atoms with Crippen LogP contribution in [0.2, 0.25) is 10.0 Å². The summed E-state index contributed by atoms with van der Waals surface area (Å²) in [4.78, 5) is 11.7. The number of benzene rings is 1.